The normalized spacial score (nSPS) is 15.6. The van der Waals surface area contributed by atoms with E-state index in [1.54, 1.807) is 49.5 Å². The fourth-order valence-electron chi connectivity index (χ4n) is 2.40. The van der Waals surface area contributed by atoms with Gasteiger partial charge < -0.3 is 14.2 Å². The zero-order valence-corrected chi connectivity index (χ0v) is 15.0. The van der Waals surface area contributed by atoms with Gasteiger partial charge in [0.05, 0.1) is 12.2 Å². The summed E-state index contributed by atoms with van der Waals surface area (Å²) in [7, 11) is 0. The largest absolute Gasteiger partial charge is 0.479 e. The van der Waals surface area contributed by atoms with Crippen molar-refractivity contribution < 1.29 is 23.8 Å². The Bertz CT molecular complexity index is 849. The lowest BCUT2D eigenvalue weighted by Gasteiger charge is -2.13. The van der Waals surface area contributed by atoms with Gasteiger partial charge in [-0.2, -0.15) is 0 Å². The van der Waals surface area contributed by atoms with Crippen molar-refractivity contribution in [3.8, 4) is 11.5 Å². The second kappa shape index (κ2) is 7.11. The summed E-state index contributed by atoms with van der Waals surface area (Å²) in [6.07, 6.45) is 1.02. The van der Waals surface area contributed by atoms with E-state index >= 15 is 0 Å². The van der Waals surface area contributed by atoms with Gasteiger partial charge in [-0.25, -0.2) is 4.79 Å². The van der Waals surface area contributed by atoms with Crippen molar-refractivity contribution in [2.24, 2.45) is 0 Å². The summed E-state index contributed by atoms with van der Waals surface area (Å²) in [6, 6.07) is 6.90. The fourth-order valence-corrected chi connectivity index (χ4v) is 3.25. The van der Waals surface area contributed by atoms with Crippen LogP contribution in [-0.4, -0.2) is 24.5 Å². The van der Waals surface area contributed by atoms with Gasteiger partial charge in [-0.15, -0.1) is 11.3 Å². The molecule has 0 fully saturated rings. The maximum atomic E-state index is 12.5. The van der Waals surface area contributed by atoms with Crippen LogP contribution in [0.3, 0.4) is 0 Å². The fraction of sp³-hybridized carbons (Fsp3) is 0.263. The molecule has 3 rings (SSSR count). The highest BCUT2D eigenvalue weighted by Gasteiger charge is 2.28. The summed E-state index contributed by atoms with van der Waals surface area (Å²) >= 11 is 1.55. The number of fused-ring (bicyclic) bond motifs is 1. The number of ether oxygens (including phenoxy) is 3. The van der Waals surface area contributed by atoms with E-state index in [4.69, 9.17) is 14.2 Å². The Kier molecular flexibility index (Phi) is 4.90. The molecule has 0 amide bonds. The van der Waals surface area contributed by atoms with Crippen molar-refractivity contribution in [3.05, 3.63) is 51.4 Å². The van der Waals surface area contributed by atoms with Crippen molar-refractivity contribution in [2.45, 2.75) is 26.9 Å². The number of carbonyl (C=O) groups excluding carboxylic acids is 2. The number of hydrogen-bond acceptors (Lipinski definition) is 6. The number of allylic oxidation sites excluding steroid dienone is 1. The first kappa shape index (κ1) is 17.2. The molecule has 0 bridgehead atoms. The van der Waals surface area contributed by atoms with Crippen LogP contribution in [-0.2, 0) is 9.53 Å². The Morgan fingerprint density at radius 2 is 2.16 bits per heavy atom. The lowest BCUT2D eigenvalue weighted by atomic mass is 10.1. The summed E-state index contributed by atoms with van der Waals surface area (Å²) in [6.45, 7) is 5.63. The quantitative estimate of drug-likeness (QED) is 0.597. The molecule has 0 unspecified atom stereocenters. The summed E-state index contributed by atoms with van der Waals surface area (Å²) in [4.78, 5) is 25.1. The van der Waals surface area contributed by atoms with E-state index in [-0.39, 0.29) is 11.5 Å². The summed E-state index contributed by atoms with van der Waals surface area (Å²) in [5, 5.41) is 1.97. The van der Waals surface area contributed by atoms with Crippen LogP contribution >= 0.6 is 11.3 Å². The lowest BCUT2D eigenvalue weighted by molar-refractivity contribution is -0.150. The van der Waals surface area contributed by atoms with Crippen LogP contribution in [0.1, 0.15) is 34.6 Å². The van der Waals surface area contributed by atoms with Gasteiger partial charge in [0.2, 0.25) is 5.78 Å². The zero-order valence-electron chi connectivity index (χ0n) is 14.2. The molecule has 1 aromatic carbocycles. The van der Waals surface area contributed by atoms with E-state index in [0.29, 0.717) is 23.7 Å². The number of thiophene rings is 1. The molecule has 2 aromatic rings. The predicted octanol–water partition coefficient (Wildman–Crippen LogP) is 4.00. The van der Waals surface area contributed by atoms with E-state index in [1.807, 2.05) is 18.4 Å². The van der Waals surface area contributed by atoms with Crippen molar-refractivity contribution in [2.75, 3.05) is 6.61 Å². The van der Waals surface area contributed by atoms with E-state index < -0.39 is 12.1 Å². The lowest BCUT2D eigenvalue weighted by Crippen LogP contribution is -2.26. The number of ketones is 1. The monoisotopic (exact) mass is 358 g/mol. The molecule has 0 N–H and O–H groups in total. The van der Waals surface area contributed by atoms with E-state index in [0.717, 1.165) is 10.4 Å². The molecule has 1 aromatic heterocycles. The molecule has 2 heterocycles. The number of carbonyl (C=O) groups is 2. The molecule has 130 valence electrons. The molecule has 6 heteroatoms. The van der Waals surface area contributed by atoms with Gasteiger partial charge in [0.1, 0.15) is 11.5 Å². The van der Waals surface area contributed by atoms with Gasteiger partial charge >= 0.3 is 5.97 Å². The first-order chi connectivity index (χ1) is 12.0. The van der Waals surface area contributed by atoms with Crippen molar-refractivity contribution in [1.82, 2.24) is 0 Å². The van der Waals surface area contributed by atoms with Gasteiger partial charge in [-0.3, -0.25) is 4.79 Å². The van der Waals surface area contributed by atoms with Crippen LogP contribution in [0.2, 0.25) is 0 Å². The molecule has 0 spiro atoms. The third-order valence-corrected chi connectivity index (χ3v) is 4.70. The van der Waals surface area contributed by atoms with Crippen LogP contribution in [0.25, 0.3) is 6.08 Å². The molecule has 0 radical (unpaired) electrons. The molecule has 25 heavy (non-hydrogen) atoms. The molecule has 1 aliphatic heterocycles. The number of hydrogen-bond donors (Lipinski definition) is 0. The Morgan fingerprint density at radius 3 is 2.84 bits per heavy atom. The van der Waals surface area contributed by atoms with Crippen molar-refractivity contribution in [1.29, 1.82) is 0 Å². The minimum absolute atomic E-state index is 0.159. The summed E-state index contributed by atoms with van der Waals surface area (Å²) in [5.74, 6) is 0.567. The minimum atomic E-state index is -0.737. The van der Waals surface area contributed by atoms with Gasteiger partial charge in [0, 0.05) is 17.0 Å². The second-order valence-corrected chi connectivity index (χ2v) is 6.53. The van der Waals surface area contributed by atoms with E-state index in [1.165, 1.54) is 0 Å². The Balaban J connectivity index is 1.79. The molecular formula is C19H18O5S. The van der Waals surface area contributed by atoms with Gasteiger partial charge in [-0.1, -0.05) is 0 Å². The molecule has 1 atom stereocenters. The highest BCUT2D eigenvalue weighted by Crippen LogP contribution is 2.35. The maximum Gasteiger partial charge on any atom is 0.347 e. The SMILES string of the molecule is CCOC(=O)[C@H](C)Oc1ccc2c(c1)O/C(=C\c1sccc1C)C2=O. The van der Waals surface area contributed by atoms with Crippen LogP contribution < -0.4 is 9.47 Å². The van der Waals surface area contributed by atoms with Gasteiger partial charge in [0.15, 0.2) is 11.9 Å². The standard InChI is InChI=1S/C19H18O5S/c1-4-22-19(21)12(3)23-13-5-6-14-15(9-13)24-16(18(14)20)10-17-11(2)7-8-25-17/h5-10,12H,4H2,1-3H3/b16-10-/t12-/m0/s1. The summed E-state index contributed by atoms with van der Waals surface area (Å²) < 4.78 is 16.2. The average Bonchev–Trinajstić information content (AvgIpc) is 3.12. The average molecular weight is 358 g/mol. The molecule has 1 aliphatic rings. The van der Waals surface area contributed by atoms with E-state index in [2.05, 4.69) is 0 Å². The minimum Gasteiger partial charge on any atom is -0.479 e. The van der Waals surface area contributed by atoms with Crippen molar-refractivity contribution >= 4 is 29.2 Å². The highest BCUT2D eigenvalue weighted by atomic mass is 32.1. The number of benzene rings is 1. The molecule has 5 nitrogen and oxygen atoms in total. The molecular weight excluding hydrogens is 340 g/mol. The molecule has 0 saturated heterocycles. The first-order valence-corrected chi connectivity index (χ1v) is 8.83. The molecule has 0 aliphatic carbocycles. The Morgan fingerprint density at radius 1 is 1.36 bits per heavy atom. The van der Waals surface area contributed by atoms with Crippen LogP contribution in [0.4, 0.5) is 0 Å². The summed E-state index contributed by atoms with van der Waals surface area (Å²) in [5.41, 5.74) is 1.58. The van der Waals surface area contributed by atoms with E-state index in [9.17, 15) is 9.59 Å². The van der Waals surface area contributed by atoms with Gasteiger partial charge in [-0.05, 0) is 49.9 Å². The van der Waals surface area contributed by atoms with Gasteiger partial charge in [0.25, 0.3) is 0 Å². The zero-order chi connectivity index (χ0) is 18.0. The number of aryl methyl sites for hydroxylation is 1. The maximum absolute atomic E-state index is 12.5. The number of Topliss-reactive ketones (excluding diaryl/α,β-unsaturated/α-hetero) is 1. The second-order valence-electron chi connectivity index (χ2n) is 5.58. The third kappa shape index (κ3) is 3.58. The predicted molar refractivity (Wildman–Crippen MR) is 95.2 cm³/mol. The third-order valence-electron chi connectivity index (χ3n) is 3.74. The first-order valence-electron chi connectivity index (χ1n) is 7.95. The Labute approximate surface area is 149 Å². The van der Waals surface area contributed by atoms with Crippen LogP contribution in [0.5, 0.6) is 11.5 Å². The molecule has 0 saturated carbocycles. The number of esters is 1. The highest BCUT2D eigenvalue weighted by molar-refractivity contribution is 7.11. The number of rotatable bonds is 5. The smallest absolute Gasteiger partial charge is 0.347 e. The van der Waals surface area contributed by atoms with Crippen LogP contribution in [0, 0.1) is 6.92 Å². The Hall–Kier alpha value is -2.60. The van der Waals surface area contributed by atoms with Crippen molar-refractivity contribution in [3.63, 3.8) is 0 Å². The topological polar surface area (TPSA) is 61.8 Å². The van der Waals surface area contributed by atoms with Crippen LogP contribution in [0.15, 0.2) is 35.4 Å².